The maximum atomic E-state index is 13.3. The molecule has 3 N–H and O–H groups in total. The summed E-state index contributed by atoms with van der Waals surface area (Å²) in [5, 5.41) is 8.49. The summed E-state index contributed by atoms with van der Waals surface area (Å²) in [5.74, 6) is -0.980. The Bertz CT molecular complexity index is 1370. The second-order valence-corrected chi connectivity index (χ2v) is 7.34. The van der Waals surface area contributed by atoms with E-state index in [1.54, 1.807) is 43.3 Å². The number of para-hydroxylation sites is 2. The van der Waals surface area contributed by atoms with E-state index in [0.29, 0.717) is 27.8 Å². The van der Waals surface area contributed by atoms with Gasteiger partial charge in [-0.3, -0.25) is 14.8 Å². The van der Waals surface area contributed by atoms with Crippen molar-refractivity contribution in [3.8, 4) is 0 Å². The monoisotopic (exact) mass is 465 g/mol. The normalized spacial score (nSPS) is 11.2. The van der Waals surface area contributed by atoms with Crippen LogP contribution in [0, 0.1) is 6.92 Å². The van der Waals surface area contributed by atoms with Crippen LogP contribution in [-0.2, 0) is 6.18 Å². The van der Waals surface area contributed by atoms with Crippen LogP contribution in [0.25, 0.3) is 10.9 Å². The lowest BCUT2D eigenvalue weighted by Gasteiger charge is -2.15. The van der Waals surface area contributed by atoms with Gasteiger partial charge in [0.1, 0.15) is 0 Å². The molecule has 0 spiro atoms. The molecular weight excluding hydrogens is 447 g/mol. The summed E-state index contributed by atoms with van der Waals surface area (Å²) >= 11 is 0. The topological polar surface area (TPSA) is 96.0 Å². The molecule has 0 saturated heterocycles. The summed E-state index contributed by atoms with van der Waals surface area (Å²) in [6.07, 6.45) is -1.38. The van der Waals surface area contributed by atoms with Crippen molar-refractivity contribution in [3.63, 3.8) is 0 Å². The molecule has 0 radical (unpaired) electrons. The fourth-order valence-corrected chi connectivity index (χ4v) is 3.40. The Morgan fingerprint density at radius 3 is 2.38 bits per heavy atom. The first kappa shape index (κ1) is 22.7. The second kappa shape index (κ2) is 9.18. The van der Waals surface area contributed by atoms with E-state index in [4.69, 9.17) is 0 Å². The van der Waals surface area contributed by atoms with Crippen molar-refractivity contribution in [2.75, 3.05) is 16.0 Å². The minimum atomic E-state index is -4.72. The highest BCUT2D eigenvalue weighted by molar-refractivity contribution is 6.12. The van der Waals surface area contributed by atoms with Crippen LogP contribution in [0.4, 0.5) is 35.0 Å². The number of amides is 3. The van der Waals surface area contributed by atoms with Crippen LogP contribution < -0.4 is 16.0 Å². The number of halogens is 3. The predicted molar refractivity (Wildman–Crippen MR) is 123 cm³/mol. The molecular formula is C24H18F3N5O2. The number of carbonyl (C=O) groups excluding carboxylic acids is 2. The average molecular weight is 465 g/mol. The largest absolute Gasteiger partial charge is 0.417 e. The number of urea groups is 1. The highest BCUT2D eigenvalue weighted by Crippen LogP contribution is 2.33. The molecule has 0 aliphatic heterocycles. The molecule has 34 heavy (non-hydrogen) atoms. The molecule has 172 valence electrons. The Morgan fingerprint density at radius 1 is 0.882 bits per heavy atom. The molecule has 4 rings (SSSR count). The number of hydrogen-bond acceptors (Lipinski definition) is 4. The van der Waals surface area contributed by atoms with Gasteiger partial charge in [-0.2, -0.15) is 13.2 Å². The van der Waals surface area contributed by atoms with Gasteiger partial charge in [-0.25, -0.2) is 4.79 Å². The number of alkyl halides is 3. The van der Waals surface area contributed by atoms with Crippen molar-refractivity contribution in [1.82, 2.24) is 9.97 Å². The number of aryl methyl sites for hydroxylation is 1. The SMILES string of the molecule is Cc1cnc2c(NC(=O)c3cnccc3C(F)(F)F)cccc2c1NC(=O)Nc1ccccc1. The highest BCUT2D eigenvalue weighted by atomic mass is 19.4. The number of nitrogens with zero attached hydrogens (tertiary/aromatic N) is 2. The lowest BCUT2D eigenvalue weighted by Crippen LogP contribution is -2.21. The zero-order valence-corrected chi connectivity index (χ0v) is 17.8. The van der Waals surface area contributed by atoms with Crippen LogP contribution in [0.1, 0.15) is 21.5 Å². The molecule has 2 heterocycles. The van der Waals surface area contributed by atoms with Crippen LogP contribution in [0.15, 0.2) is 73.2 Å². The van der Waals surface area contributed by atoms with Gasteiger partial charge in [0.25, 0.3) is 5.91 Å². The Labute approximate surface area is 192 Å². The molecule has 0 aliphatic rings. The van der Waals surface area contributed by atoms with Gasteiger partial charge >= 0.3 is 12.2 Å². The number of nitrogens with one attached hydrogen (secondary N) is 3. The average Bonchev–Trinajstić information content (AvgIpc) is 2.81. The quantitative estimate of drug-likeness (QED) is 0.352. The molecule has 2 aromatic carbocycles. The Kier molecular flexibility index (Phi) is 6.13. The van der Waals surface area contributed by atoms with Crippen LogP contribution in [0.3, 0.4) is 0 Å². The van der Waals surface area contributed by atoms with Gasteiger partial charge in [-0.1, -0.05) is 30.3 Å². The molecule has 0 aliphatic carbocycles. The molecule has 10 heteroatoms. The van der Waals surface area contributed by atoms with Crippen molar-refractivity contribution < 1.29 is 22.8 Å². The number of benzene rings is 2. The number of aromatic nitrogens is 2. The number of anilines is 3. The first-order chi connectivity index (χ1) is 16.2. The van der Waals surface area contributed by atoms with Gasteiger partial charge in [-0.05, 0) is 36.8 Å². The lowest BCUT2D eigenvalue weighted by atomic mass is 10.1. The number of carbonyl (C=O) groups is 2. The second-order valence-electron chi connectivity index (χ2n) is 7.34. The molecule has 0 bridgehead atoms. The Hall–Kier alpha value is -4.47. The molecule has 7 nitrogen and oxygen atoms in total. The maximum Gasteiger partial charge on any atom is 0.417 e. The van der Waals surface area contributed by atoms with E-state index in [1.807, 2.05) is 6.07 Å². The summed E-state index contributed by atoms with van der Waals surface area (Å²) in [6.45, 7) is 1.75. The van der Waals surface area contributed by atoms with Crippen molar-refractivity contribution in [1.29, 1.82) is 0 Å². The Balaban J connectivity index is 1.65. The highest BCUT2D eigenvalue weighted by Gasteiger charge is 2.35. The number of rotatable bonds is 4. The van der Waals surface area contributed by atoms with E-state index in [2.05, 4.69) is 25.9 Å². The molecule has 0 fully saturated rings. The first-order valence-electron chi connectivity index (χ1n) is 10.1. The summed E-state index contributed by atoms with van der Waals surface area (Å²) in [5.41, 5.74) is 0.488. The summed E-state index contributed by atoms with van der Waals surface area (Å²) in [4.78, 5) is 33.2. The zero-order valence-electron chi connectivity index (χ0n) is 17.8. The zero-order chi connectivity index (χ0) is 24.3. The number of pyridine rings is 2. The van der Waals surface area contributed by atoms with Crippen molar-refractivity contribution in [3.05, 3.63) is 89.9 Å². The van der Waals surface area contributed by atoms with Crippen LogP contribution in [0.2, 0.25) is 0 Å². The molecule has 4 aromatic rings. The fraction of sp³-hybridized carbons (Fsp3) is 0.0833. The van der Waals surface area contributed by atoms with Gasteiger partial charge in [-0.15, -0.1) is 0 Å². The molecule has 2 aromatic heterocycles. The summed E-state index contributed by atoms with van der Waals surface area (Å²) < 4.78 is 39.9. The third kappa shape index (κ3) is 4.80. The van der Waals surface area contributed by atoms with E-state index in [1.165, 1.54) is 12.3 Å². The number of fused-ring (bicyclic) bond motifs is 1. The van der Waals surface area contributed by atoms with Gasteiger partial charge < -0.3 is 16.0 Å². The number of hydrogen-bond donors (Lipinski definition) is 3. The van der Waals surface area contributed by atoms with Crippen molar-refractivity contribution in [2.24, 2.45) is 0 Å². The van der Waals surface area contributed by atoms with E-state index < -0.39 is 29.2 Å². The van der Waals surface area contributed by atoms with E-state index in [9.17, 15) is 22.8 Å². The first-order valence-corrected chi connectivity index (χ1v) is 10.1. The van der Waals surface area contributed by atoms with E-state index >= 15 is 0 Å². The maximum absolute atomic E-state index is 13.3. The lowest BCUT2D eigenvalue weighted by molar-refractivity contribution is -0.138. The van der Waals surface area contributed by atoms with E-state index in [0.717, 1.165) is 18.5 Å². The van der Waals surface area contributed by atoms with Gasteiger partial charge in [0.15, 0.2) is 0 Å². The van der Waals surface area contributed by atoms with Crippen LogP contribution in [-0.4, -0.2) is 21.9 Å². The van der Waals surface area contributed by atoms with Crippen LogP contribution >= 0.6 is 0 Å². The summed E-state index contributed by atoms with van der Waals surface area (Å²) in [6, 6.07) is 13.9. The van der Waals surface area contributed by atoms with Gasteiger partial charge in [0.05, 0.1) is 28.0 Å². The van der Waals surface area contributed by atoms with E-state index in [-0.39, 0.29) is 5.69 Å². The molecule has 0 saturated carbocycles. The van der Waals surface area contributed by atoms with Crippen LogP contribution in [0.5, 0.6) is 0 Å². The standard InChI is InChI=1S/C24H18F3N5O2/c1-14-12-29-21-16(20(14)32-23(34)30-15-6-3-2-4-7-15)8-5-9-19(21)31-22(33)17-13-28-11-10-18(17)24(25,26)27/h2-13H,1H3,(H,31,33)(H2,29,30,32,34). The predicted octanol–water partition coefficient (Wildman–Crippen LogP) is 5.85. The minimum absolute atomic E-state index is 0.186. The Morgan fingerprint density at radius 2 is 1.65 bits per heavy atom. The molecule has 3 amide bonds. The smallest absolute Gasteiger partial charge is 0.320 e. The minimum Gasteiger partial charge on any atom is -0.320 e. The van der Waals surface area contributed by atoms with Crippen molar-refractivity contribution >= 4 is 39.9 Å². The third-order valence-corrected chi connectivity index (χ3v) is 4.98. The molecule has 0 atom stereocenters. The third-order valence-electron chi connectivity index (χ3n) is 4.98. The summed E-state index contributed by atoms with van der Waals surface area (Å²) in [7, 11) is 0. The molecule has 0 unspecified atom stereocenters. The van der Waals surface area contributed by atoms with Gasteiger partial charge in [0, 0.05) is 29.7 Å². The fourth-order valence-electron chi connectivity index (χ4n) is 3.40. The van der Waals surface area contributed by atoms with Gasteiger partial charge in [0.2, 0.25) is 0 Å². The van der Waals surface area contributed by atoms with Crippen molar-refractivity contribution in [2.45, 2.75) is 13.1 Å².